The molecule has 1 aliphatic rings. The maximum atomic E-state index is 13.2. The molecule has 0 saturated carbocycles. The predicted molar refractivity (Wildman–Crippen MR) is 79.7 cm³/mol. The van der Waals surface area contributed by atoms with E-state index in [-0.39, 0.29) is 0 Å². The third kappa shape index (κ3) is 5.10. The average Bonchev–Trinajstić information content (AvgIpc) is 2.95. The van der Waals surface area contributed by atoms with E-state index in [1.807, 2.05) is 0 Å². The molecule has 0 radical (unpaired) electrons. The van der Waals surface area contributed by atoms with Crippen molar-refractivity contribution in [1.82, 2.24) is 10.2 Å². The third-order valence-electron chi connectivity index (χ3n) is 3.88. The van der Waals surface area contributed by atoms with Gasteiger partial charge < -0.3 is 15.3 Å². The molecule has 1 saturated heterocycles. The van der Waals surface area contributed by atoms with Gasteiger partial charge in [0.15, 0.2) is 0 Å². The van der Waals surface area contributed by atoms with Gasteiger partial charge in [-0.2, -0.15) is 0 Å². The van der Waals surface area contributed by atoms with Crippen molar-refractivity contribution >= 4 is 5.97 Å². The second-order valence-electron chi connectivity index (χ2n) is 5.54. The first-order valence-electron chi connectivity index (χ1n) is 7.61. The van der Waals surface area contributed by atoms with E-state index in [1.54, 1.807) is 6.07 Å². The van der Waals surface area contributed by atoms with Crippen LogP contribution in [0.3, 0.4) is 0 Å². The predicted octanol–water partition coefficient (Wildman–Crippen LogP) is 2.42. The first-order chi connectivity index (χ1) is 10.2. The minimum atomic E-state index is -0.972. The molecule has 0 amide bonds. The summed E-state index contributed by atoms with van der Waals surface area (Å²) in [5.41, 5.74) is 0.460. The highest BCUT2D eigenvalue weighted by atomic mass is 19.1. The summed E-state index contributed by atoms with van der Waals surface area (Å²) in [5, 5.41) is 12.3. The smallest absolute Gasteiger partial charge is 0.325 e. The standard InChI is InChI=1S/C16H23FN2O2/c17-14-7-5-6-13(12-14)15(16(20)21)18-8-1-2-9-19-10-3-4-11-19/h5-7,12,15,18H,1-4,8-11H2,(H,20,21). The summed E-state index contributed by atoms with van der Waals surface area (Å²) in [5.74, 6) is -1.38. The van der Waals surface area contributed by atoms with Crippen LogP contribution in [0.25, 0.3) is 0 Å². The SMILES string of the molecule is O=C(O)C(NCCCCN1CCCC1)c1cccc(F)c1. The Bertz CT molecular complexity index is 461. The number of nitrogens with zero attached hydrogens (tertiary/aromatic N) is 1. The van der Waals surface area contributed by atoms with E-state index >= 15 is 0 Å². The van der Waals surface area contributed by atoms with Crippen LogP contribution in [0.4, 0.5) is 4.39 Å². The van der Waals surface area contributed by atoms with E-state index in [1.165, 1.54) is 44.1 Å². The Balaban J connectivity index is 1.74. The first kappa shape index (κ1) is 15.9. The van der Waals surface area contributed by atoms with Gasteiger partial charge in [0.05, 0.1) is 0 Å². The molecular formula is C16H23FN2O2. The van der Waals surface area contributed by atoms with E-state index in [9.17, 15) is 14.3 Å². The fourth-order valence-electron chi connectivity index (χ4n) is 2.75. The molecule has 1 unspecified atom stereocenters. The van der Waals surface area contributed by atoms with Gasteiger partial charge in [0, 0.05) is 0 Å². The van der Waals surface area contributed by atoms with Gasteiger partial charge in [0.1, 0.15) is 11.9 Å². The molecule has 116 valence electrons. The fraction of sp³-hybridized carbons (Fsp3) is 0.562. The first-order valence-corrected chi connectivity index (χ1v) is 7.61. The topological polar surface area (TPSA) is 52.6 Å². The highest BCUT2D eigenvalue weighted by Gasteiger charge is 2.19. The van der Waals surface area contributed by atoms with E-state index in [4.69, 9.17) is 0 Å². The van der Waals surface area contributed by atoms with Gasteiger partial charge in [0.25, 0.3) is 0 Å². The monoisotopic (exact) mass is 294 g/mol. The van der Waals surface area contributed by atoms with Crippen molar-refractivity contribution in [2.45, 2.75) is 31.7 Å². The summed E-state index contributed by atoms with van der Waals surface area (Å²) in [6.07, 6.45) is 4.57. The van der Waals surface area contributed by atoms with Gasteiger partial charge in [0.2, 0.25) is 0 Å². The molecule has 0 aromatic heterocycles. The molecule has 1 fully saturated rings. The lowest BCUT2D eigenvalue weighted by Gasteiger charge is -2.16. The third-order valence-corrected chi connectivity index (χ3v) is 3.88. The summed E-state index contributed by atoms with van der Waals surface area (Å²) in [6, 6.07) is 4.93. The maximum absolute atomic E-state index is 13.2. The highest BCUT2D eigenvalue weighted by molar-refractivity contribution is 5.75. The van der Waals surface area contributed by atoms with Crippen molar-refractivity contribution in [3.63, 3.8) is 0 Å². The van der Waals surface area contributed by atoms with E-state index in [0.717, 1.165) is 19.4 Å². The Morgan fingerprint density at radius 3 is 2.76 bits per heavy atom. The van der Waals surface area contributed by atoms with Gasteiger partial charge in [-0.1, -0.05) is 12.1 Å². The van der Waals surface area contributed by atoms with Crippen molar-refractivity contribution in [2.75, 3.05) is 26.2 Å². The molecule has 0 aliphatic carbocycles. The fourth-order valence-corrected chi connectivity index (χ4v) is 2.75. The molecule has 4 nitrogen and oxygen atoms in total. The molecule has 1 heterocycles. The largest absolute Gasteiger partial charge is 0.480 e. The number of nitrogens with one attached hydrogen (secondary N) is 1. The molecule has 2 rings (SSSR count). The lowest BCUT2D eigenvalue weighted by atomic mass is 10.1. The zero-order valence-corrected chi connectivity index (χ0v) is 12.2. The minimum Gasteiger partial charge on any atom is -0.480 e. The van der Waals surface area contributed by atoms with Gasteiger partial charge in [-0.15, -0.1) is 0 Å². The maximum Gasteiger partial charge on any atom is 0.325 e. The number of hydrogen-bond acceptors (Lipinski definition) is 3. The molecule has 1 aliphatic heterocycles. The lowest BCUT2D eigenvalue weighted by molar-refractivity contribution is -0.139. The van der Waals surface area contributed by atoms with E-state index in [2.05, 4.69) is 10.2 Å². The van der Waals surface area contributed by atoms with Gasteiger partial charge in [-0.3, -0.25) is 4.79 Å². The molecule has 2 N–H and O–H groups in total. The van der Waals surface area contributed by atoms with Crippen LogP contribution in [0.5, 0.6) is 0 Å². The number of carboxylic acid groups (broad SMARTS) is 1. The number of halogens is 1. The molecule has 1 atom stereocenters. The van der Waals surface area contributed by atoms with Crippen molar-refractivity contribution < 1.29 is 14.3 Å². The zero-order valence-electron chi connectivity index (χ0n) is 12.2. The quantitative estimate of drug-likeness (QED) is 0.723. The summed E-state index contributed by atoms with van der Waals surface area (Å²) >= 11 is 0. The van der Waals surface area contributed by atoms with Gasteiger partial charge in [-0.05, 0) is 69.6 Å². The summed E-state index contributed by atoms with van der Waals surface area (Å²) in [7, 11) is 0. The minimum absolute atomic E-state index is 0.408. The van der Waals surface area contributed by atoms with Crippen LogP contribution in [0.15, 0.2) is 24.3 Å². The summed E-state index contributed by atoms with van der Waals surface area (Å²) in [4.78, 5) is 13.7. The number of aliphatic carboxylic acids is 1. The van der Waals surface area contributed by atoms with Crippen molar-refractivity contribution in [3.05, 3.63) is 35.6 Å². The number of benzene rings is 1. The normalized spacial score (nSPS) is 17.0. The Kier molecular flexibility index (Phi) is 6.14. The molecule has 5 heteroatoms. The lowest BCUT2D eigenvalue weighted by Crippen LogP contribution is -2.30. The van der Waals surface area contributed by atoms with Crippen LogP contribution in [-0.2, 0) is 4.79 Å². The number of hydrogen-bond donors (Lipinski definition) is 2. The highest BCUT2D eigenvalue weighted by Crippen LogP contribution is 2.15. The Hall–Kier alpha value is -1.46. The Morgan fingerprint density at radius 1 is 1.33 bits per heavy atom. The second kappa shape index (κ2) is 8.10. The van der Waals surface area contributed by atoms with Crippen LogP contribution in [0.1, 0.15) is 37.3 Å². The van der Waals surface area contributed by atoms with Gasteiger partial charge >= 0.3 is 5.97 Å². The molecule has 1 aromatic rings. The summed E-state index contributed by atoms with van der Waals surface area (Å²) < 4.78 is 13.2. The average molecular weight is 294 g/mol. The molecular weight excluding hydrogens is 271 g/mol. The zero-order chi connectivity index (χ0) is 15.1. The van der Waals surface area contributed by atoms with Crippen molar-refractivity contribution in [2.24, 2.45) is 0 Å². The van der Waals surface area contributed by atoms with E-state index < -0.39 is 17.8 Å². The molecule has 1 aromatic carbocycles. The number of likely N-dealkylation sites (tertiary alicyclic amines) is 1. The van der Waals surface area contributed by atoms with Crippen LogP contribution in [0, 0.1) is 5.82 Å². The number of rotatable bonds is 8. The Labute approximate surface area is 125 Å². The van der Waals surface area contributed by atoms with E-state index in [0.29, 0.717) is 12.1 Å². The van der Waals surface area contributed by atoms with Crippen LogP contribution >= 0.6 is 0 Å². The number of unbranched alkanes of at least 4 members (excludes halogenated alkanes) is 1. The molecule has 0 bridgehead atoms. The summed E-state index contributed by atoms with van der Waals surface area (Å²) in [6.45, 7) is 4.09. The van der Waals surface area contributed by atoms with Crippen LogP contribution < -0.4 is 5.32 Å². The molecule has 0 spiro atoms. The number of carbonyl (C=O) groups is 1. The van der Waals surface area contributed by atoms with Crippen LogP contribution in [-0.4, -0.2) is 42.2 Å². The van der Waals surface area contributed by atoms with Gasteiger partial charge in [-0.25, -0.2) is 4.39 Å². The van der Waals surface area contributed by atoms with Crippen molar-refractivity contribution in [1.29, 1.82) is 0 Å². The second-order valence-corrected chi connectivity index (χ2v) is 5.54. The number of carboxylic acids is 1. The van der Waals surface area contributed by atoms with Crippen molar-refractivity contribution in [3.8, 4) is 0 Å². The Morgan fingerprint density at radius 2 is 2.10 bits per heavy atom. The molecule has 21 heavy (non-hydrogen) atoms. The van der Waals surface area contributed by atoms with Crippen LogP contribution in [0.2, 0.25) is 0 Å².